The third-order valence-electron chi connectivity index (χ3n) is 7.59. The van der Waals surface area contributed by atoms with Crippen LogP contribution >= 0.6 is 11.6 Å². The number of halogens is 1. The molecule has 1 aromatic carbocycles. The summed E-state index contributed by atoms with van der Waals surface area (Å²) in [6.45, 7) is 9.91. The van der Waals surface area contributed by atoms with Crippen molar-refractivity contribution >= 4 is 39.9 Å². The molecule has 3 heterocycles. The van der Waals surface area contributed by atoms with Crippen LogP contribution in [0.2, 0.25) is 5.02 Å². The molecule has 1 aliphatic carbocycles. The topological polar surface area (TPSA) is 96.7 Å². The van der Waals surface area contributed by atoms with Crippen LogP contribution in [0.15, 0.2) is 12.1 Å². The number of nitrogens with zero attached hydrogens (tertiary/aromatic N) is 5. The molecule has 3 N–H and O–H groups in total. The molecule has 1 aliphatic heterocycles. The average Bonchev–Trinajstić information content (AvgIpc) is 3.41. The van der Waals surface area contributed by atoms with Gasteiger partial charge in [0.1, 0.15) is 5.69 Å². The molecule has 1 saturated carbocycles. The maximum Gasteiger partial charge on any atom is 0.154 e. The molecule has 3 aromatic rings. The van der Waals surface area contributed by atoms with Gasteiger partial charge >= 0.3 is 0 Å². The summed E-state index contributed by atoms with van der Waals surface area (Å²) >= 11 is 6.72. The number of hydrogen-bond donors (Lipinski definition) is 2. The van der Waals surface area contributed by atoms with Crippen LogP contribution in [0.3, 0.4) is 0 Å². The number of hydrogen-bond acceptors (Lipinski definition) is 6. The molecule has 2 aliphatic rings. The zero-order chi connectivity index (χ0) is 24.6. The van der Waals surface area contributed by atoms with Crippen molar-refractivity contribution in [2.75, 3.05) is 23.7 Å². The summed E-state index contributed by atoms with van der Waals surface area (Å²) < 4.78 is 1.80. The van der Waals surface area contributed by atoms with Gasteiger partial charge in [-0.25, -0.2) is 9.97 Å². The molecule has 0 atom stereocenters. The summed E-state index contributed by atoms with van der Waals surface area (Å²) in [6.07, 6.45) is 7.90. The van der Waals surface area contributed by atoms with E-state index in [1.165, 1.54) is 38.5 Å². The standard InChI is InChI=1S/C24H30ClN7.C2H6/c1-14-23(32-12-10-24(11-13-32)8-4-5-9-24)29-22(27)21(28-14)20(26)16-6-7-17-18(19(16)25)15(2)31(3)30-17;1-2/h6-7,26H,4-5,8-13H2,1-3H3,(H2,27,29);1-2H3. The van der Waals surface area contributed by atoms with Crippen molar-refractivity contribution in [3.8, 4) is 0 Å². The number of nitrogen functional groups attached to an aromatic ring is 1. The Morgan fingerprint density at radius 2 is 1.71 bits per heavy atom. The molecule has 2 fully saturated rings. The molecule has 34 heavy (non-hydrogen) atoms. The molecular weight excluding hydrogens is 446 g/mol. The molecule has 182 valence electrons. The summed E-state index contributed by atoms with van der Waals surface area (Å²) in [4.78, 5) is 11.8. The fourth-order valence-electron chi connectivity index (χ4n) is 5.54. The van der Waals surface area contributed by atoms with Gasteiger partial charge in [-0.1, -0.05) is 38.3 Å². The van der Waals surface area contributed by atoms with E-state index in [4.69, 9.17) is 32.7 Å². The number of anilines is 2. The quantitative estimate of drug-likeness (QED) is 0.459. The lowest BCUT2D eigenvalue weighted by atomic mass is 9.77. The SMILES string of the molecule is CC.Cc1nc(C(=N)c2ccc3nn(C)c(C)c3c2Cl)c(N)nc1N1CCC2(CCCC2)CC1. The number of benzene rings is 1. The number of aromatic nitrogens is 4. The summed E-state index contributed by atoms with van der Waals surface area (Å²) in [5.41, 5.74) is 10.6. The van der Waals surface area contributed by atoms with Crippen LogP contribution in [-0.4, -0.2) is 38.5 Å². The van der Waals surface area contributed by atoms with E-state index in [0.29, 0.717) is 21.7 Å². The predicted octanol–water partition coefficient (Wildman–Crippen LogP) is 5.82. The number of nitrogens with two attached hydrogens (primary N) is 1. The van der Waals surface area contributed by atoms with Crippen LogP contribution in [0.25, 0.3) is 10.9 Å². The molecule has 7 nitrogen and oxygen atoms in total. The van der Waals surface area contributed by atoms with Crippen LogP contribution < -0.4 is 10.6 Å². The Kier molecular flexibility index (Phi) is 6.85. The lowest BCUT2D eigenvalue weighted by Crippen LogP contribution is -2.40. The van der Waals surface area contributed by atoms with Gasteiger partial charge in [-0.2, -0.15) is 5.10 Å². The second kappa shape index (κ2) is 9.53. The summed E-state index contributed by atoms with van der Waals surface area (Å²) in [5.74, 6) is 1.12. The Hall–Kier alpha value is -2.67. The van der Waals surface area contributed by atoms with E-state index >= 15 is 0 Å². The molecule has 0 radical (unpaired) electrons. The number of fused-ring (bicyclic) bond motifs is 1. The molecule has 2 aromatic heterocycles. The number of rotatable bonds is 3. The van der Waals surface area contributed by atoms with E-state index in [1.807, 2.05) is 46.9 Å². The molecular formula is C26H36ClN7. The lowest BCUT2D eigenvalue weighted by Gasteiger charge is -2.40. The van der Waals surface area contributed by atoms with E-state index in [9.17, 15) is 0 Å². The summed E-state index contributed by atoms with van der Waals surface area (Å²) in [5, 5.41) is 14.6. The van der Waals surface area contributed by atoms with Gasteiger partial charge in [-0.05, 0) is 57.1 Å². The Morgan fingerprint density at radius 1 is 1.06 bits per heavy atom. The summed E-state index contributed by atoms with van der Waals surface area (Å²) in [6, 6.07) is 3.70. The minimum absolute atomic E-state index is 0.184. The van der Waals surface area contributed by atoms with Crippen LogP contribution in [0.1, 0.15) is 75.0 Å². The second-order valence-corrected chi connectivity index (χ2v) is 9.84. The lowest BCUT2D eigenvalue weighted by molar-refractivity contribution is 0.226. The average molecular weight is 482 g/mol. The van der Waals surface area contributed by atoms with Crippen molar-refractivity contribution in [1.29, 1.82) is 5.41 Å². The molecule has 0 bridgehead atoms. The molecule has 8 heteroatoms. The molecule has 5 rings (SSSR count). The van der Waals surface area contributed by atoms with E-state index in [2.05, 4.69) is 10.00 Å². The molecule has 0 unspecified atom stereocenters. The zero-order valence-electron chi connectivity index (χ0n) is 21.0. The van der Waals surface area contributed by atoms with E-state index in [0.717, 1.165) is 41.2 Å². The van der Waals surface area contributed by atoms with Gasteiger partial charge < -0.3 is 10.6 Å². The van der Waals surface area contributed by atoms with Crippen molar-refractivity contribution in [3.05, 3.63) is 39.8 Å². The first-order chi connectivity index (χ1) is 16.3. The van der Waals surface area contributed by atoms with Gasteiger partial charge in [0.05, 0.1) is 21.9 Å². The van der Waals surface area contributed by atoms with Crippen LogP contribution in [0, 0.1) is 24.7 Å². The smallest absolute Gasteiger partial charge is 0.154 e. The van der Waals surface area contributed by atoms with Gasteiger partial charge in [-0.15, -0.1) is 0 Å². The molecule has 0 amide bonds. The predicted molar refractivity (Wildman–Crippen MR) is 141 cm³/mol. The first kappa shape index (κ1) is 24.5. The van der Waals surface area contributed by atoms with Crippen molar-refractivity contribution in [2.24, 2.45) is 12.5 Å². The van der Waals surface area contributed by atoms with Crippen molar-refractivity contribution in [1.82, 2.24) is 19.7 Å². The number of aryl methyl sites for hydroxylation is 3. The fraction of sp³-hybridized carbons (Fsp3) is 0.538. The summed E-state index contributed by atoms with van der Waals surface area (Å²) in [7, 11) is 1.89. The highest BCUT2D eigenvalue weighted by Gasteiger charge is 2.37. The van der Waals surface area contributed by atoms with Gasteiger partial charge in [0.15, 0.2) is 11.6 Å². The van der Waals surface area contributed by atoms with E-state index in [1.54, 1.807) is 4.68 Å². The Bertz CT molecular complexity index is 1210. The van der Waals surface area contributed by atoms with Gasteiger partial charge in [0, 0.05) is 36.8 Å². The maximum atomic E-state index is 8.82. The van der Waals surface area contributed by atoms with Gasteiger partial charge in [0.2, 0.25) is 0 Å². The highest BCUT2D eigenvalue weighted by atomic mass is 35.5. The Morgan fingerprint density at radius 3 is 2.35 bits per heavy atom. The Labute approximate surface area is 207 Å². The van der Waals surface area contributed by atoms with E-state index in [-0.39, 0.29) is 11.5 Å². The van der Waals surface area contributed by atoms with Crippen molar-refractivity contribution < 1.29 is 0 Å². The number of piperidine rings is 1. The highest BCUT2D eigenvalue weighted by molar-refractivity contribution is 6.40. The highest BCUT2D eigenvalue weighted by Crippen LogP contribution is 2.46. The first-order valence-corrected chi connectivity index (χ1v) is 12.8. The molecule has 1 saturated heterocycles. The largest absolute Gasteiger partial charge is 0.382 e. The van der Waals surface area contributed by atoms with Gasteiger partial charge in [0.25, 0.3) is 0 Å². The minimum Gasteiger partial charge on any atom is -0.382 e. The second-order valence-electron chi connectivity index (χ2n) is 9.47. The Balaban J connectivity index is 0.00000133. The molecule has 1 spiro atoms. The van der Waals surface area contributed by atoms with Crippen LogP contribution in [-0.2, 0) is 7.05 Å². The minimum atomic E-state index is 0.184. The van der Waals surface area contributed by atoms with Crippen LogP contribution in [0.5, 0.6) is 0 Å². The van der Waals surface area contributed by atoms with Gasteiger partial charge in [-0.3, -0.25) is 10.1 Å². The zero-order valence-corrected chi connectivity index (χ0v) is 21.8. The normalized spacial score (nSPS) is 17.2. The monoisotopic (exact) mass is 481 g/mol. The number of nitrogens with one attached hydrogen (secondary N) is 1. The van der Waals surface area contributed by atoms with Crippen molar-refractivity contribution in [2.45, 2.75) is 66.2 Å². The van der Waals surface area contributed by atoms with Crippen molar-refractivity contribution in [3.63, 3.8) is 0 Å². The van der Waals surface area contributed by atoms with Crippen LogP contribution in [0.4, 0.5) is 11.6 Å². The fourth-order valence-corrected chi connectivity index (χ4v) is 5.93. The first-order valence-electron chi connectivity index (χ1n) is 12.4. The maximum absolute atomic E-state index is 8.82. The third-order valence-corrected chi connectivity index (χ3v) is 7.98. The third kappa shape index (κ3) is 4.15. The van der Waals surface area contributed by atoms with E-state index < -0.39 is 0 Å².